The highest BCUT2D eigenvalue weighted by Crippen LogP contribution is 2.40. The van der Waals surface area contributed by atoms with E-state index in [0.29, 0.717) is 48.9 Å². The minimum Gasteiger partial charge on any atom is -0.388 e. The molecule has 1 aliphatic carbocycles. The molecule has 6 aromatic rings. The van der Waals surface area contributed by atoms with E-state index < -0.39 is 18.2 Å². The smallest absolute Gasteiger partial charge is 0.226 e. The van der Waals surface area contributed by atoms with Gasteiger partial charge < -0.3 is 30.4 Å². The molecule has 1 saturated carbocycles. The summed E-state index contributed by atoms with van der Waals surface area (Å²) < 4.78 is 3.59. The average molecular weight is 605 g/mol. The Balaban J connectivity index is 1.22. The Kier molecular flexibility index (Phi) is 7.97. The van der Waals surface area contributed by atoms with Gasteiger partial charge in [-0.3, -0.25) is 4.68 Å². The standard InChI is InChI=1S/C33H36N10O2/c1-21-17-39-43(19-21)26-16-25(29(44)30(26)45)42-20-38-28-31(40-33(41-32(28)42)36-13-12-27-34-14-15-35-27)37-18-24(22-8-4-2-5-9-22)23-10-6-3-7-11-23/h2-11,14-15,17,19-20,24-26,29-30,44-45H,12-13,16,18H2,1H3,(H,34,35)(H2,36,37,40,41)/t25-,26+,29+,30-/m1/s1. The van der Waals surface area contributed by atoms with Crippen LogP contribution >= 0.6 is 0 Å². The van der Waals surface area contributed by atoms with Crippen molar-refractivity contribution >= 4 is 22.9 Å². The molecule has 1 aliphatic rings. The van der Waals surface area contributed by atoms with E-state index in [0.717, 1.165) is 11.4 Å². The van der Waals surface area contributed by atoms with Gasteiger partial charge in [-0.05, 0) is 30.0 Å². The number of H-pyrrole nitrogens is 1. The number of aliphatic hydroxyl groups excluding tert-OH is 2. The van der Waals surface area contributed by atoms with Gasteiger partial charge in [-0.25, -0.2) is 9.97 Å². The number of imidazole rings is 2. The highest BCUT2D eigenvalue weighted by Gasteiger charge is 2.44. The highest BCUT2D eigenvalue weighted by molar-refractivity contribution is 5.84. The van der Waals surface area contributed by atoms with Crippen molar-refractivity contribution in [1.29, 1.82) is 0 Å². The lowest BCUT2D eigenvalue weighted by molar-refractivity contribution is 0.00722. The van der Waals surface area contributed by atoms with Gasteiger partial charge in [0.05, 0.1) is 24.6 Å². The molecular formula is C33H36N10O2. The number of hydrogen-bond donors (Lipinski definition) is 5. The average Bonchev–Trinajstić information content (AvgIpc) is 3.88. The van der Waals surface area contributed by atoms with Gasteiger partial charge >= 0.3 is 0 Å². The zero-order valence-corrected chi connectivity index (χ0v) is 24.9. The van der Waals surface area contributed by atoms with Gasteiger partial charge in [-0.1, -0.05) is 60.7 Å². The summed E-state index contributed by atoms with van der Waals surface area (Å²) >= 11 is 0. The van der Waals surface area contributed by atoms with Crippen molar-refractivity contribution in [2.24, 2.45) is 0 Å². The van der Waals surface area contributed by atoms with E-state index in [1.54, 1.807) is 29.6 Å². The number of aromatic nitrogens is 8. The van der Waals surface area contributed by atoms with Gasteiger partial charge in [0.1, 0.15) is 18.0 Å². The fraction of sp³-hybridized carbons (Fsp3) is 0.303. The molecule has 4 aromatic heterocycles. The summed E-state index contributed by atoms with van der Waals surface area (Å²) in [7, 11) is 0. The Hall–Kier alpha value is -5.07. The third kappa shape index (κ3) is 5.89. The maximum absolute atomic E-state index is 11.2. The molecule has 0 bridgehead atoms. The molecular weight excluding hydrogens is 568 g/mol. The number of hydrogen-bond acceptors (Lipinski definition) is 9. The van der Waals surface area contributed by atoms with Crippen LogP contribution in [0.1, 0.15) is 46.9 Å². The summed E-state index contributed by atoms with van der Waals surface area (Å²) in [5, 5.41) is 33.6. The third-order valence-electron chi connectivity index (χ3n) is 8.55. The van der Waals surface area contributed by atoms with Gasteiger partial charge in [-0.2, -0.15) is 15.1 Å². The van der Waals surface area contributed by atoms with Crippen molar-refractivity contribution in [2.75, 3.05) is 23.7 Å². The summed E-state index contributed by atoms with van der Waals surface area (Å²) in [6.07, 6.45) is 7.96. The zero-order valence-electron chi connectivity index (χ0n) is 24.9. The van der Waals surface area contributed by atoms with Gasteiger partial charge in [0.15, 0.2) is 17.0 Å². The second-order valence-corrected chi connectivity index (χ2v) is 11.5. The molecule has 4 heterocycles. The first-order valence-corrected chi connectivity index (χ1v) is 15.2. The minimum absolute atomic E-state index is 0.0694. The molecule has 0 spiro atoms. The predicted octanol–water partition coefficient (Wildman–Crippen LogP) is 3.86. The van der Waals surface area contributed by atoms with Gasteiger partial charge in [0.25, 0.3) is 0 Å². The molecule has 12 nitrogen and oxygen atoms in total. The second-order valence-electron chi connectivity index (χ2n) is 11.5. The summed E-state index contributed by atoms with van der Waals surface area (Å²) in [6, 6.07) is 20.0. The molecule has 0 aliphatic heterocycles. The number of nitrogens with zero attached hydrogens (tertiary/aromatic N) is 7. The number of anilines is 2. The van der Waals surface area contributed by atoms with Crippen molar-refractivity contribution in [3.8, 4) is 0 Å². The molecule has 0 amide bonds. The maximum atomic E-state index is 11.2. The van der Waals surface area contributed by atoms with Gasteiger partial charge in [0.2, 0.25) is 5.95 Å². The molecule has 45 heavy (non-hydrogen) atoms. The van der Waals surface area contributed by atoms with Crippen LogP contribution in [0.25, 0.3) is 11.2 Å². The van der Waals surface area contributed by atoms with Gasteiger partial charge in [0, 0.05) is 44.0 Å². The number of rotatable bonds is 11. The minimum atomic E-state index is -1.03. The molecule has 4 atom stereocenters. The number of nitrogens with one attached hydrogen (secondary N) is 3. The van der Waals surface area contributed by atoms with Crippen LogP contribution in [-0.2, 0) is 6.42 Å². The molecule has 230 valence electrons. The lowest BCUT2D eigenvalue weighted by Gasteiger charge is -2.20. The van der Waals surface area contributed by atoms with Crippen LogP contribution in [0.15, 0.2) is 91.8 Å². The largest absolute Gasteiger partial charge is 0.388 e. The lowest BCUT2D eigenvalue weighted by Crippen LogP contribution is -2.30. The van der Waals surface area contributed by atoms with E-state index in [1.165, 1.54) is 11.1 Å². The van der Waals surface area contributed by atoms with E-state index in [9.17, 15) is 10.2 Å². The van der Waals surface area contributed by atoms with E-state index in [-0.39, 0.29) is 12.0 Å². The van der Waals surface area contributed by atoms with Crippen LogP contribution < -0.4 is 10.6 Å². The molecule has 5 N–H and O–H groups in total. The van der Waals surface area contributed by atoms with E-state index >= 15 is 0 Å². The van der Waals surface area contributed by atoms with E-state index in [2.05, 4.69) is 74.2 Å². The fourth-order valence-electron chi connectivity index (χ4n) is 6.23. The zero-order chi connectivity index (χ0) is 30.8. The Labute approximate surface area is 260 Å². The first kappa shape index (κ1) is 28.7. The number of aromatic amines is 1. The number of benzene rings is 2. The Morgan fingerprint density at radius 3 is 2.33 bits per heavy atom. The number of aliphatic hydroxyl groups is 2. The molecule has 7 rings (SSSR count). The first-order chi connectivity index (χ1) is 22.0. The summed E-state index contributed by atoms with van der Waals surface area (Å²) in [6.45, 7) is 3.09. The number of aryl methyl sites for hydroxylation is 1. The van der Waals surface area contributed by atoms with Gasteiger partial charge in [-0.15, -0.1) is 0 Å². The lowest BCUT2D eigenvalue weighted by atomic mass is 9.91. The van der Waals surface area contributed by atoms with Crippen LogP contribution in [0.4, 0.5) is 11.8 Å². The SMILES string of the molecule is Cc1cnn([C@H]2C[C@@H](n3cnc4c(NCC(c5ccccc5)c5ccccc5)nc(NCCc5ncc[nH]5)nc43)[C@H](O)[C@@H]2O)c1. The third-order valence-corrected chi connectivity index (χ3v) is 8.55. The van der Waals surface area contributed by atoms with Crippen molar-refractivity contribution < 1.29 is 10.2 Å². The van der Waals surface area contributed by atoms with Crippen LogP contribution in [0.5, 0.6) is 0 Å². The summed E-state index contributed by atoms with van der Waals surface area (Å²) in [4.78, 5) is 21.9. The molecule has 0 unspecified atom stereocenters. The topological polar surface area (TPSA) is 155 Å². The van der Waals surface area contributed by atoms with Crippen molar-refractivity contribution in [3.63, 3.8) is 0 Å². The molecule has 1 fully saturated rings. The quantitative estimate of drug-likeness (QED) is 0.148. The van der Waals surface area contributed by atoms with Crippen LogP contribution in [0.3, 0.4) is 0 Å². The monoisotopic (exact) mass is 604 g/mol. The number of fused-ring (bicyclic) bond motifs is 1. The molecule has 0 saturated heterocycles. The second kappa shape index (κ2) is 12.5. The van der Waals surface area contributed by atoms with Crippen molar-refractivity contribution in [2.45, 2.75) is 50.0 Å². The predicted molar refractivity (Wildman–Crippen MR) is 171 cm³/mol. The van der Waals surface area contributed by atoms with E-state index in [1.807, 2.05) is 29.8 Å². The molecule has 2 aromatic carbocycles. The summed E-state index contributed by atoms with van der Waals surface area (Å²) in [5.74, 6) is 1.95. The maximum Gasteiger partial charge on any atom is 0.226 e. The van der Waals surface area contributed by atoms with Crippen LogP contribution in [-0.4, -0.2) is 74.8 Å². The highest BCUT2D eigenvalue weighted by atomic mass is 16.3. The van der Waals surface area contributed by atoms with Crippen molar-refractivity contribution in [1.82, 2.24) is 39.3 Å². The summed E-state index contributed by atoms with van der Waals surface area (Å²) in [5.41, 5.74) is 4.52. The first-order valence-electron chi connectivity index (χ1n) is 15.2. The Bertz CT molecular complexity index is 1800. The van der Waals surface area contributed by atoms with Crippen LogP contribution in [0.2, 0.25) is 0 Å². The van der Waals surface area contributed by atoms with Crippen LogP contribution in [0, 0.1) is 6.92 Å². The Morgan fingerprint density at radius 1 is 0.933 bits per heavy atom. The Morgan fingerprint density at radius 2 is 1.67 bits per heavy atom. The van der Waals surface area contributed by atoms with Crippen molar-refractivity contribution in [3.05, 3.63) is 114 Å². The van der Waals surface area contributed by atoms with E-state index in [4.69, 9.17) is 15.0 Å². The fourth-order valence-corrected chi connectivity index (χ4v) is 6.23. The molecule has 0 radical (unpaired) electrons. The molecule has 12 heteroatoms. The normalized spacial score (nSPS) is 19.8.